The Morgan fingerprint density at radius 2 is 1.11 bits per heavy atom. The predicted octanol–water partition coefficient (Wildman–Crippen LogP) is 14.2. The number of fused-ring (bicyclic) bond motifs is 3. The third-order valence-corrected chi connectivity index (χ3v) is 10.5. The molecule has 0 unspecified atom stereocenters. The molecule has 9 aromatic rings. The average Bonchev–Trinajstić information content (AvgIpc) is 3.92. The van der Waals surface area contributed by atoms with Crippen LogP contribution in [0.25, 0.3) is 55.7 Å². The zero-order valence-corrected chi connectivity index (χ0v) is 35.1. The van der Waals surface area contributed by atoms with Gasteiger partial charge in [-0.3, -0.25) is 15.0 Å². The smallest absolute Gasteiger partial charge is 0.144 e. The second kappa shape index (κ2) is 18.4. The Labute approximate surface area is 393 Å². The molecule has 9 rings (SSSR count). The van der Waals surface area contributed by atoms with Crippen LogP contribution in [0.3, 0.4) is 0 Å². The molecule has 0 saturated carbocycles. The van der Waals surface area contributed by atoms with Crippen LogP contribution in [-0.4, -0.2) is 15.0 Å². The number of nitrogens with zero attached hydrogens (tertiary/aromatic N) is 4. The molecule has 0 radical (unpaired) electrons. The molecule has 0 amide bonds. The maximum absolute atomic E-state index is 9.71. The fraction of sp³-hybridized carbons (Fsp3) is 0.207. The summed E-state index contributed by atoms with van der Waals surface area (Å²) in [5.74, 6) is -3.09. The Balaban J connectivity index is 1.20. The van der Waals surface area contributed by atoms with Crippen LogP contribution in [0.2, 0.25) is 0 Å². The molecule has 0 aliphatic heterocycles. The lowest BCUT2D eigenvalue weighted by atomic mass is 9.90. The van der Waals surface area contributed by atoms with Gasteiger partial charge >= 0.3 is 0 Å². The van der Waals surface area contributed by atoms with Crippen LogP contribution in [0.4, 0.5) is 0 Å². The van der Waals surface area contributed by atoms with Crippen LogP contribution in [0.15, 0.2) is 162 Å². The van der Waals surface area contributed by atoms with Gasteiger partial charge in [-0.15, -0.1) is 0 Å². The first-order valence-electron chi connectivity index (χ1n) is 28.4. The van der Waals surface area contributed by atoms with E-state index in [1.165, 1.54) is 58.0 Å². The summed E-state index contributed by atoms with van der Waals surface area (Å²) in [6, 6.07) is 34.1. The molecule has 0 saturated heterocycles. The molecule has 0 fully saturated rings. The molecule has 0 N–H and O–H groups in total. The summed E-state index contributed by atoms with van der Waals surface area (Å²) in [5, 5.41) is 10.4. The second-order valence-electron chi connectivity index (χ2n) is 15.4. The number of aromatic nitrogens is 3. The average molecular weight is 837 g/mol. The molecule has 0 spiro atoms. The molecule has 63 heavy (non-hydrogen) atoms. The van der Waals surface area contributed by atoms with Gasteiger partial charge in [0.05, 0.1) is 31.5 Å². The second-order valence-corrected chi connectivity index (χ2v) is 15.4. The monoisotopic (exact) mass is 837 g/mol. The number of furan rings is 1. The summed E-state index contributed by atoms with van der Waals surface area (Å²) in [4.78, 5) is 13.5. The molecule has 4 aromatic heterocycles. The van der Waals surface area contributed by atoms with E-state index in [0.29, 0.717) is 38.9 Å². The number of rotatable bonds is 14. The van der Waals surface area contributed by atoms with Gasteiger partial charge in [-0.05, 0) is 137 Å². The lowest BCUT2D eigenvalue weighted by Gasteiger charge is -2.16. The van der Waals surface area contributed by atoms with Gasteiger partial charge in [-0.1, -0.05) is 125 Å². The van der Waals surface area contributed by atoms with Crippen LogP contribution < -0.4 is 0 Å². The first kappa shape index (κ1) is 26.3. The Kier molecular flexibility index (Phi) is 7.71. The van der Waals surface area contributed by atoms with Crippen LogP contribution >= 0.6 is 0 Å². The summed E-state index contributed by atoms with van der Waals surface area (Å²) in [7, 11) is 0. The molecule has 0 aliphatic carbocycles. The van der Waals surface area contributed by atoms with Crippen molar-refractivity contribution in [3.63, 3.8) is 0 Å². The van der Waals surface area contributed by atoms with Gasteiger partial charge in [-0.2, -0.15) is 5.26 Å². The zero-order valence-electron chi connectivity index (χ0n) is 51.1. The number of benzene rings is 5. The Morgan fingerprint density at radius 3 is 1.63 bits per heavy atom. The van der Waals surface area contributed by atoms with Gasteiger partial charge in [0, 0.05) is 65.2 Å². The quantitative estimate of drug-likeness (QED) is 0.109. The van der Waals surface area contributed by atoms with Crippen molar-refractivity contribution in [1.82, 2.24) is 15.0 Å². The van der Waals surface area contributed by atoms with E-state index in [-0.39, 0.29) is 62.3 Å². The third-order valence-electron chi connectivity index (χ3n) is 10.5. The molecular weight excluding hydrogens is 769 g/mol. The predicted molar refractivity (Wildman–Crippen MR) is 258 cm³/mol. The molecule has 5 nitrogen and oxygen atoms in total. The molecule has 310 valence electrons. The van der Waals surface area contributed by atoms with Gasteiger partial charge in [0.15, 0.2) is 0 Å². The van der Waals surface area contributed by atoms with E-state index >= 15 is 0 Å². The van der Waals surface area contributed by atoms with Gasteiger partial charge < -0.3 is 4.42 Å². The normalized spacial score (nSPS) is 16.9. The maximum Gasteiger partial charge on any atom is 0.144 e. The van der Waals surface area contributed by atoms with E-state index in [0.717, 1.165) is 36.8 Å². The van der Waals surface area contributed by atoms with Crippen molar-refractivity contribution < 1.29 is 26.3 Å². The van der Waals surface area contributed by atoms with E-state index in [4.69, 9.17) is 9.90 Å². The highest BCUT2D eigenvalue weighted by molar-refractivity contribution is 6.09. The highest BCUT2D eigenvalue weighted by Gasteiger charge is 2.16. The number of para-hydroxylation sites is 1. The zero-order chi connectivity index (χ0) is 57.6. The fourth-order valence-electron chi connectivity index (χ4n) is 7.29. The maximum atomic E-state index is 9.71. The van der Waals surface area contributed by atoms with Crippen molar-refractivity contribution >= 4 is 21.9 Å². The topological polar surface area (TPSA) is 75.6 Å². The third kappa shape index (κ3) is 9.22. The minimum Gasteiger partial charge on any atom is -0.455 e. The van der Waals surface area contributed by atoms with Crippen molar-refractivity contribution in [2.75, 3.05) is 0 Å². The summed E-state index contributed by atoms with van der Waals surface area (Å²) >= 11 is 0. The molecular formula is C58H52N4O. The van der Waals surface area contributed by atoms with Crippen molar-refractivity contribution in [3.05, 3.63) is 208 Å². The summed E-state index contributed by atoms with van der Waals surface area (Å²) < 4.78 is 157. The summed E-state index contributed by atoms with van der Waals surface area (Å²) in [5.41, 5.74) is 0.0308. The van der Waals surface area contributed by atoms with Crippen LogP contribution in [0.1, 0.15) is 111 Å². The molecule has 4 heterocycles. The van der Waals surface area contributed by atoms with E-state index in [1.54, 1.807) is 78.9 Å². The largest absolute Gasteiger partial charge is 0.455 e. The van der Waals surface area contributed by atoms with Crippen molar-refractivity contribution in [2.24, 2.45) is 0 Å². The fourth-order valence-corrected chi connectivity index (χ4v) is 7.29. The standard InChI is InChI=1S/C58H52N4O/c1-38(2)51-32-55(45-12-7-5-8-13-45)61-36-47(51)24-20-42-28-41(29-43(30-42)21-25-48-37-62-56(33-52(48)39(3)4)46-14-9-6-10-15-46)19-18-40-22-26-54(60-35-40)50-17-11-16-49-53-31-44(34-59)23-27-57(53)63-58(49)50/h5-17,22-23,26-33,35-39H,18-21,24-25H2,1-4H3/i18D2,19D2,20D2,21D2,23D,24D2,25D2,31D,38D,39D. The SMILES string of the molecule is [2H]c1cc2oc3c(-c4ccc(C([2H])([2H])C([2H])([2H])c5cc(C([2H])([2H])C([2H])([2H])c6cnc(-c7ccccc7)cc6C([2H])(C)C)cc(C([2H])([2H])C([2H])([2H])c6cnc(-c7ccccc7)cc6C([2H])(C)C)c5)cn4)cccc3c2c([2H])c1C#N. The minimum atomic E-state index is -3.27. The van der Waals surface area contributed by atoms with Crippen LogP contribution in [0.5, 0.6) is 0 Å². The highest BCUT2D eigenvalue weighted by Crippen LogP contribution is 2.36. The first-order valence-corrected chi connectivity index (χ1v) is 20.4. The van der Waals surface area contributed by atoms with E-state index in [1.807, 2.05) is 6.07 Å². The van der Waals surface area contributed by atoms with Crippen molar-refractivity contribution in [1.29, 1.82) is 5.26 Å². The Bertz CT molecular complexity index is 3720. The number of aryl methyl sites for hydroxylation is 6. The molecule has 0 atom stereocenters. The molecule has 5 aromatic carbocycles. The summed E-state index contributed by atoms with van der Waals surface area (Å²) in [6.07, 6.45) is -15.8. The number of hydrogen-bond acceptors (Lipinski definition) is 5. The molecule has 0 bridgehead atoms. The van der Waals surface area contributed by atoms with Crippen molar-refractivity contribution in [2.45, 2.75) is 77.7 Å². The van der Waals surface area contributed by atoms with E-state index < -0.39 is 66.7 Å². The van der Waals surface area contributed by atoms with Gasteiger partial charge in [-0.25, -0.2) is 0 Å². The minimum absolute atomic E-state index is 0.0608. The Hall–Kier alpha value is -7.16. The highest BCUT2D eigenvalue weighted by atomic mass is 16.3. The van der Waals surface area contributed by atoms with Gasteiger partial charge in [0.2, 0.25) is 0 Å². The van der Waals surface area contributed by atoms with E-state index in [9.17, 15) is 21.7 Å². The van der Waals surface area contributed by atoms with E-state index in [2.05, 4.69) is 15.0 Å². The number of pyridine rings is 3. The Morgan fingerprint density at radius 1 is 0.571 bits per heavy atom. The lowest BCUT2D eigenvalue weighted by molar-refractivity contribution is 0.670. The van der Waals surface area contributed by atoms with Gasteiger partial charge in [0.1, 0.15) is 11.2 Å². The number of hydrogen-bond donors (Lipinski definition) is 0. The molecule has 5 heteroatoms. The van der Waals surface area contributed by atoms with Crippen LogP contribution in [0, 0.1) is 11.3 Å². The van der Waals surface area contributed by atoms with Gasteiger partial charge in [0.25, 0.3) is 0 Å². The number of nitriles is 1. The van der Waals surface area contributed by atoms with Crippen LogP contribution in [-0.2, 0) is 38.2 Å². The summed E-state index contributed by atoms with van der Waals surface area (Å²) in [6.45, 7) is 6.00. The van der Waals surface area contributed by atoms with Crippen molar-refractivity contribution in [3.8, 4) is 39.8 Å². The molecule has 0 aliphatic rings. The lowest BCUT2D eigenvalue weighted by Crippen LogP contribution is -2.04. The first-order chi connectivity index (χ1) is 36.8.